The Bertz CT molecular complexity index is 483. The zero-order valence-electron chi connectivity index (χ0n) is 10.6. The van der Waals surface area contributed by atoms with Crippen molar-refractivity contribution in [2.24, 2.45) is 0 Å². The average molecular weight is 248 g/mol. The Kier molecular flexibility index (Phi) is 5.12. The summed E-state index contributed by atoms with van der Waals surface area (Å²) in [6.07, 6.45) is 1.04. The van der Waals surface area contributed by atoms with Crippen LogP contribution in [0.4, 0.5) is 0 Å². The van der Waals surface area contributed by atoms with E-state index in [9.17, 15) is 9.59 Å². The Balaban J connectivity index is 2.48. The van der Waals surface area contributed by atoms with Crippen LogP contribution in [0.5, 0.6) is 0 Å². The molecule has 0 bridgehead atoms. The van der Waals surface area contributed by atoms with Gasteiger partial charge in [0.05, 0.1) is 13.7 Å². The minimum atomic E-state index is -0.308. The van der Waals surface area contributed by atoms with E-state index < -0.39 is 0 Å². The minimum Gasteiger partial charge on any atom is -0.469 e. The molecule has 0 atom stereocenters. The van der Waals surface area contributed by atoms with Crippen molar-refractivity contribution >= 4 is 11.8 Å². The average Bonchev–Trinajstić information content (AvgIpc) is 2.70. The molecule has 0 aliphatic rings. The molecule has 96 valence electrons. The number of hydrogen-bond donors (Lipinski definition) is 0. The number of carbonyl (C=O) groups is 2. The topological polar surface area (TPSA) is 72.1 Å². The number of aryl methyl sites for hydroxylation is 1. The van der Waals surface area contributed by atoms with Crippen LogP contribution in [0.3, 0.4) is 0 Å². The smallest absolute Gasteiger partial charge is 0.305 e. The number of Topliss-reactive ketones (excluding diaryl/α,β-unsaturated/α-hetero) is 1. The molecule has 5 nitrogen and oxygen atoms in total. The molecule has 0 saturated heterocycles. The van der Waals surface area contributed by atoms with Gasteiger partial charge in [-0.15, -0.1) is 0 Å². The molecule has 0 amide bonds. The summed E-state index contributed by atoms with van der Waals surface area (Å²) in [7, 11) is 1.33. The van der Waals surface area contributed by atoms with Crippen LogP contribution in [0.25, 0.3) is 0 Å². The van der Waals surface area contributed by atoms with Crippen molar-refractivity contribution in [1.82, 2.24) is 4.57 Å². The first-order chi connectivity index (χ1) is 8.58. The number of methoxy groups -OCH3 is 1. The second-order valence-corrected chi connectivity index (χ2v) is 4.03. The largest absolute Gasteiger partial charge is 0.469 e. The molecule has 1 aromatic rings. The van der Waals surface area contributed by atoms with Crippen LogP contribution in [-0.4, -0.2) is 23.4 Å². The standard InChI is InChI=1S/C13H16N2O3/c1-10-6-7-11(8-14)15(10)9-12(16)4-3-5-13(17)18-2/h6-7H,3-5,9H2,1-2H3. The molecule has 0 fully saturated rings. The predicted octanol–water partition coefficient (Wildman–Crippen LogP) is 1.58. The van der Waals surface area contributed by atoms with Crippen molar-refractivity contribution in [3.63, 3.8) is 0 Å². The van der Waals surface area contributed by atoms with Gasteiger partial charge in [-0.05, 0) is 25.5 Å². The number of aromatic nitrogens is 1. The number of esters is 1. The molecule has 1 rings (SSSR count). The molecule has 0 aliphatic carbocycles. The fourth-order valence-corrected chi connectivity index (χ4v) is 1.66. The molecule has 0 aromatic carbocycles. The minimum absolute atomic E-state index is 0.00898. The highest BCUT2D eigenvalue weighted by molar-refractivity contribution is 5.79. The third kappa shape index (κ3) is 3.74. The predicted molar refractivity (Wildman–Crippen MR) is 64.8 cm³/mol. The lowest BCUT2D eigenvalue weighted by Gasteiger charge is -2.06. The summed E-state index contributed by atoms with van der Waals surface area (Å²) in [5.74, 6) is -0.299. The van der Waals surface area contributed by atoms with E-state index in [0.717, 1.165) is 5.69 Å². The summed E-state index contributed by atoms with van der Waals surface area (Å²) in [4.78, 5) is 22.6. The third-order valence-electron chi connectivity index (χ3n) is 2.71. The van der Waals surface area contributed by atoms with Gasteiger partial charge >= 0.3 is 5.97 Å². The van der Waals surface area contributed by atoms with Gasteiger partial charge in [0.2, 0.25) is 0 Å². The van der Waals surface area contributed by atoms with Gasteiger partial charge in [-0.2, -0.15) is 5.26 Å². The van der Waals surface area contributed by atoms with Gasteiger partial charge in [0.15, 0.2) is 5.78 Å². The zero-order valence-corrected chi connectivity index (χ0v) is 10.6. The highest BCUT2D eigenvalue weighted by Gasteiger charge is 2.10. The van der Waals surface area contributed by atoms with Gasteiger partial charge in [0.1, 0.15) is 11.8 Å². The van der Waals surface area contributed by atoms with Crippen LogP contribution in [0.15, 0.2) is 12.1 Å². The second-order valence-electron chi connectivity index (χ2n) is 4.03. The van der Waals surface area contributed by atoms with Gasteiger partial charge in [-0.3, -0.25) is 9.59 Å². The number of ketones is 1. The molecule has 1 heterocycles. The number of nitriles is 1. The number of nitrogens with zero attached hydrogens (tertiary/aromatic N) is 2. The van der Waals surface area contributed by atoms with Crippen molar-refractivity contribution in [3.05, 3.63) is 23.5 Å². The van der Waals surface area contributed by atoms with E-state index in [1.165, 1.54) is 7.11 Å². The summed E-state index contributed by atoms with van der Waals surface area (Å²) in [6, 6.07) is 5.54. The van der Waals surface area contributed by atoms with Gasteiger partial charge in [0.25, 0.3) is 0 Å². The molecule has 0 aliphatic heterocycles. The van der Waals surface area contributed by atoms with E-state index in [2.05, 4.69) is 4.74 Å². The van der Waals surface area contributed by atoms with Gasteiger partial charge < -0.3 is 9.30 Å². The monoisotopic (exact) mass is 248 g/mol. The normalized spacial score (nSPS) is 9.83. The Morgan fingerprint density at radius 3 is 2.72 bits per heavy atom. The van der Waals surface area contributed by atoms with Crippen LogP contribution in [0.2, 0.25) is 0 Å². The van der Waals surface area contributed by atoms with E-state index in [4.69, 9.17) is 5.26 Å². The summed E-state index contributed by atoms with van der Waals surface area (Å²) in [5.41, 5.74) is 1.36. The van der Waals surface area contributed by atoms with Crippen LogP contribution < -0.4 is 0 Å². The van der Waals surface area contributed by atoms with E-state index in [1.807, 2.05) is 13.0 Å². The van der Waals surface area contributed by atoms with Crippen molar-refractivity contribution in [2.45, 2.75) is 32.7 Å². The first-order valence-electron chi connectivity index (χ1n) is 5.73. The van der Waals surface area contributed by atoms with Gasteiger partial charge in [0, 0.05) is 18.5 Å². The van der Waals surface area contributed by atoms with Crippen molar-refractivity contribution in [3.8, 4) is 6.07 Å². The first-order valence-corrected chi connectivity index (χ1v) is 5.73. The van der Waals surface area contributed by atoms with Crippen LogP contribution in [-0.2, 0) is 20.9 Å². The third-order valence-corrected chi connectivity index (χ3v) is 2.71. The van der Waals surface area contributed by atoms with E-state index in [1.54, 1.807) is 16.7 Å². The lowest BCUT2D eigenvalue weighted by atomic mass is 10.2. The summed E-state index contributed by atoms with van der Waals surface area (Å²) >= 11 is 0. The molecule has 18 heavy (non-hydrogen) atoms. The van der Waals surface area contributed by atoms with Crippen LogP contribution in [0.1, 0.15) is 30.7 Å². The fraction of sp³-hybridized carbons (Fsp3) is 0.462. The summed E-state index contributed by atoms with van der Waals surface area (Å²) in [5, 5.41) is 8.88. The maximum Gasteiger partial charge on any atom is 0.305 e. The number of hydrogen-bond acceptors (Lipinski definition) is 4. The summed E-state index contributed by atoms with van der Waals surface area (Å²) < 4.78 is 6.18. The van der Waals surface area contributed by atoms with Gasteiger partial charge in [-0.25, -0.2) is 0 Å². The van der Waals surface area contributed by atoms with Crippen molar-refractivity contribution in [2.75, 3.05) is 7.11 Å². The Labute approximate surface area is 106 Å². The molecule has 0 radical (unpaired) electrons. The Morgan fingerprint density at radius 1 is 1.39 bits per heavy atom. The van der Waals surface area contributed by atoms with Crippen molar-refractivity contribution in [1.29, 1.82) is 5.26 Å². The van der Waals surface area contributed by atoms with Crippen molar-refractivity contribution < 1.29 is 14.3 Å². The molecular weight excluding hydrogens is 232 g/mol. The van der Waals surface area contributed by atoms with Crippen LogP contribution >= 0.6 is 0 Å². The van der Waals surface area contributed by atoms with Gasteiger partial charge in [-0.1, -0.05) is 0 Å². The molecular formula is C13H16N2O3. The Morgan fingerprint density at radius 2 is 2.11 bits per heavy atom. The Hall–Kier alpha value is -2.09. The fourth-order valence-electron chi connectivity index (χ4n) is 1.66. The van der Waals surface area contributed by atoms with E-state index >= 15 is 0 Å². The molecule has 0 spiro atoms. The first kappa shape index (κ1) is 14.0. The summed E-state index contributed by atoms with van der Waals surface area (Å²) in [6.45, 7) is 2.03. The lowest BCUT2D eigenvalue weighted by Crippen LogP contribution is -2.13. The van der Waals surface area contributed by atoms with Crippen LogP contribution in [0, 0.1) is 18.3 Å². The molecule has 1 aromatic heterocycles. The second kappa shape index (κ2) is 6.60. The quantitative estimate of drug-likeness (QED) is 0.716. The maximum atomic E-state index is 11.7. The zero-order chi connectivity index (χ0) is 13.5. The lowest BCUT2D eigenvalue weighted by molar-refractivity contribution is -0.140. The molecule has 0 saturated carbocycles. The molecule has 5 heteroatoms. The highest BCUT2D eigenvalue weighted by Crippen LogP contribution is 2.09. The molecule has 0 N–H and O–H groups in total. The van der Waals surface area contributed by atoms with E-state index in [-0.39, 0.29) is 24.7 Å². The highest BCUT2D eigenvalue weighted by atomic mass is 16.5. The maximum absolute atomic E-state index is 11.7. The number of carbonyl (C=O) groups excluding carboxylic acids is 2. The number of rotatable bonds is 6. The number of ether oxygens (including phenoxy) is 1. The SMILES string of the molecule is COC(=O)CCCC(=O)Cn1c(C)ccc1C#N. The molecule has 0 unspecified atom stereocenters. The van der Waals surface area contributed by atoms with E-state index in [0.29, 0.717) is 18.5 Å².